The number of amides is 3. The second-order valence-corrected chi connectivity index (χ2v) is 17.8. The molecular weight excluding hydrogens is 731 g/mol. The number of piperidine rings is 1. The summed E-state index contributed by atoms with van der Waals surface area (Å²) in [6, 6.07) is 4.55. The van der Waals surface area contributed by atoms with Crippen LogP contribution in [0.15, 0.2) is 36.2 Å². The number of likely N-dealkylation sites (tertiary alicyclic amines) is 1. The second kappa shape index (κ2) is 20.9. The molecule has 2 N–H and O–H groups in total. The SMILES string of the molecule is C=CCOC(=O)C(C)C.CC[C@H](C)[C@H](NC(=O)C1CCCCN1C)C(=O)N(C)[C@H](C[C@@H](OC(=O)CC(C)(C)C)c1nc(C(=O)Nc2ccc3cc2-3)cs1)C(C)C. The smallest absolute Gasteiger partial charge is 0.308 e. The number of aromatic nitrogens is 1. The molecule has 2 aliphatic carbocycles. The lowest BCUT2D eigenvalue weighted by molar-refractivity contribution is -0.153. The summed E-state index contributed by atoms with van der Waals surface area (Å²) in [6.07, 6.45) is 4.84. The van der Waals surface area contributed by atoms with Crippen molar-refractivity contribution in [3.63, 3.8) is 0 Å². The minimum atomic E-state index is -0.767. The normalized spacial score (nSPS) is 17.1. The lowest BCUT2D eigenvalue weighted by Gasteiger charge is -2.38. The predicted octanol–water partition coefficient (Wildman–Crippen LogP) is 7.66. The molecule has 310 valence electrons. The molecule has 56 heavy (non-hydrogen) atoms. The van der Waals surface area contributed by atoms with Crippen LogP contribution in [0.5, 0.6) is 0 Å². The van der Waals surface area contributed by atoms with Crippen molar-refractivity contribution in [2.75, 3.05) is 32.6 Å². The van der Waals surface area contributed by atoms with E-state index in [0.29, 0.717) is 18.0 Å². The number of benzene rings is 1. The molecule has 3 amide bonds. The van der Waals surface area contributed by atoms with Crippen LogP contribution in [-0.2, 0) is 28.7 Å². The van der Waals surface area contributed by atoms with Crippen LogP contribution in [0.4, 0.5) is 5.69 Å². The molecule has 13 heteroatoms. The molecule has 2 heterocycles. The lowest BCUT2D eigenvalue weighted by Crippen LogP contribution is -2.58. The molecule has 1 aromatic heterocycles. The summed E-state index contributed by atoms with van der Waals surface area (Å²) in [5.41, 5.74) is 2.88. The molecule has 5 atom stereocenters. The van der Waals surface area contributed by atoms with Gasteiger partial charge < -0.3 is 25.0 Å². The fourth-order valence-corrected chi connectivity index (χ4v) is 7.39. The van der Waals surface area contributed by atoms with Crippen LogP contribution < -0.4 is 10.6 Å². The number of nitrogens with one attached hydrogen (secondary N) is 2. The quantitative estimate of drug-likeness (QED) is 0.104. The number of hydrogen-bond donors (Lipinski definition) is 2. The number of ether oxygens (including phenoxy) is 2. The Labute approximate surface area is 338 Å². The van der Waals surface area contributed by atoms with E-state index in [1.54, 1.807) is 37.3 Å². The number of rotatable bonds is 17. The Morgan fingerprint density at radius 1 is 1.11 bits per heavy atom. The van der Waals surface area contributed by atoms with Gasteiger partial charge in [-0.3, -0.25) is 28.9 Å². The fourth-order valence-electron chi connectivity index (χ4n) is 6.55. The summed E-state index contributed by atoms with van der Waals surface area (Å²) >= 11 is 1.27. The van der Waals surface area contributed by atoms with E-state index in [0.717, 1.165) is 49.0 Å². The Bertz CT molecular complexity index is 1680. The van der Waals surface area contributed by atoms with E-state index in [4.69, 9.17) is 9.47 Å². The maximum atomic E-state index is 14.2. The number of hydrogen-bond acceptors (Lipinski definition) is 10. The van der Waals surface area contributed by atoms with Crippen LogP contribution in [0.2, 0.25) is 0 Å². The fraction of sp³-hybridized carbons (Fsp3) is 0.628. The number of anilines is 1. The van der Waals surface area contributed by atoms with Gasteiger partial charge >= 0.3 is 11.9 Å². The highest BCUT2D eigenvalue weighted by atomic mass is 32.1. The molecule has 1 saturated heterocycles. The van der Waals surface area contributed by atoms with Crippen molar-refractivity contribution < 1.29 is 33.4 Å². The van der Waals surface area contributed by atoms with Gasteiger partial charge in [-0.05, 0) is 61.4 Å². The Morgan fingerprint density at radius 3 is 2.34 bits per heavy atom. The topological polar surface area (TPSA) is 147 Å². The Kier molecular flexibility index (Phi) is 17.3. The molecule has 0 aromatic carbocycles. The minimum Gasteiger partial charge on any atom is -0.461 e. The van der Waals surface area contributed by atoms with Crippen molar-refractivity contribution in [3.05, 3.63) is 46.9 Å². The van der Waals surface area contributed by atoms with Crippen molar-refractivity contribution in [3.8, 4) is 11.1 Å². The lowest BCUT2D eigenvalue weighted by atomic mass is 9.92. The first-order valence-corrected chi connectivity index (χ1v) is 20.8. The Balaban J connectivity index is 0.000000830. The first-order chi connectivity index (χ1) is 26.3. The predicted molar refractivity (Wildman–Crippen MR) is 222 cm³/mol. The van der Waals surface area contributed by atoms with E-state index >= 15 is 0 Å². The van der Waals surface area contributed by atoms with E-state index in [-0.39, 0.29) is 77.0 Å². The molecule has 3 aliphatic rings. The number of carbonyl (C=O) groups excluding carboxylic acids is 5. The first-order valence-electron chi connectivity index (χ1n) is 19.9. The number of likely N-dealkylation sites (N-methyl/N-ethyl adjacent to an activating group) is 2. The average Bonchev–Trinajstić information content (AvgIpc) is 3.54. The summed E-state index contributed by atoms with van der Waals surface area (Å²) in [6.45, 7) is 22.2. The Morgan fingerprint density at radius 2 is 1.80 bits per heavy atom. The van der Waals surface area contributed by atoms with E-state index in [9.17, 15) is 24.0 Å². The first kappa shape index (κ1) is 46.3. The van der Waals surface area contributed by atoms with Crippen LogP contribution in [0.3, 0.4) is 0 Å². The highest BCUT2D eigenvalue weighted by molar-refractivity contribution is 7.09. The van der Waals surface area contributed by atoms with Gasteiger partial charge in [0.2, 0.25) is 11.8 Å². The van der Waals surface area contributed by atoms with Gasteiger partial charge in [-0.1, -0.05) is 93.9 Å². The number of carbonyl (C=O) groups is 5. The molecule has 4 rings (SSSR count). The second-order valence-electron chi connectivity index (χ2n) is 16.9. The standard InChI is InChI=1S/C36H53N5O5S.C7H12O2/c1-10-22(4)31(39-33(44)27-13-11-12-16-40(27)8)35(45)41(9)28(21(2)3)18-29(46-30(42)19-36(5,6)7)34-38-26(20-47-34)32(43)37-25-15-14-23-17-24(23)25;1-4-5-9-7(8)6(2)3/h14-15,17,20-22,27-29,31H,10-13,16,18-19H2,1-9H3,(H,37,43)(H,39,44);4,6H,1,5H2,2-3H3/t22-,27?,28+,29+,31-;/m0./s1. The number of fused-ring (bicyclic) bond motifs is 1. The Hall–Kier alpha value is -4.10. The van der Waals surface area contributed by atoms with E-state index in [2.05, 4.69) is 27.1 Å². The minimum absolute atomic E-state index is 0.00363. The highest BCUT2D eigenvalue weighted by Gasteiger charge is 2.38. The van der Waals surface area contributed by atoms with Gasteiger partial charge in [0.1, 0.15) is 23.4 Å². The molecule has 12 nitrogen and oxygen atoms in total. The third-order valence-electron chi connectivity index (χ3n) is 10.2. The molecule has 0 saturated carbocycles. The third-order valence-corrected chi connectivity index (χ3v) is 11.1. The van der Waals surface area contributed by atoms with Crippen LogP contribution >= 0.6 is 11.3 Å². The zero-order chi connectivity index (χ0) is 41.9. The van der Waals surface area contributed by atoms with Gasteiger partial charge in [-0.25, -0.2) is 4.98 Å². The van der Waals surface area contributed by atoms with Crippen molar-refractivity contribution in [1.82, 2.24) is 20.1 Å². The number of thiazole rings is 1. The number of esters is 2. The third kappa shape index (κ3) is 13.5. The summed E-state index contributed by atoms with van der Waals surface area (Å²) in [7, 11) is 3.73. The van der Waals surface area contributed by atoms with Crippen LogP contribution in [0.25, 0.3) is 11.1 Å². The van der Waals surface area contributed by atoms with E-state index in [1.165, 1.54) is 11.3 Å². The summed E-state index contributed by atoms with van der Waals surface area (Å²) in [5, 5.41) is 8.21. The van der Waals surface area contributed by atoms with Gasteiger partial charge in [-0.15, -0.1) is 11.3 Å². The molecule has 1 aromatic rings. The van der Waals surface area contributed by atoms with Crippen molar-refractivity contribution in [1.29, 1.82) is 0 Å². The van der Waals surface area contributed by atoms with Crippen LogP contribution in [0, 0.1) is 23.2 Å². The highest BCUT2D eigenvalue weighted by Crippen LogP contribution is 2.42. The molecule has 1 unspecified atom stereocenters. The molecule has 0 spiro atoms. The number of nitrogens with zero attached hydrogens (tertiary/aromatic N) is 3. The average molecular weight is 796 g/mol. The maximum Gasteiger partial charge on any atom is 0.308 e. The van der Waals surface area contributed by atoms with E-state index < -0.39 is 12.1 Å². The largest absolute Gasteiger partial charge is 0.461 e. The van der Waals surface area contributed by atoms with Crippen molar-refractivity contribution in [2.45, 2.75) is 125 Å². The molecular formula is C43H65N5O7S. The van der Waals surface area contributed by atoms with Gasteiger partial charge in [-0.2, -0.15) is 0 Å². The summed E-state index contributed by atoms with van der Waals surface area (Å²) in [5.74, 6) is -1.27. The summed E-state index contributed by atoms with van der Waals surface area (Å²) in [4.78, 5) is 72.9. The molecule has 0 radical (unpaired) electrons. The zero-order valence-corrected chi connectivity index (χ0v) is 36.2. The maximum absolute atomic E-state index is 14.2. The summed E-state index contributed by atoms with van der Waals surface area (Å²) < 4.78 is 10.8. The van der Waals surface area contributed by atoms with Crippen LogP contribution in [-0.4, -0.2) is 89.8 Å². The van der Waals surface area contributed by atoms with Gasteiger partial charge in [0.05, 0.1) is 18.4 Å². The zero-order valence-electron chi connectivity index (χ0n) is 35.4. The van der Waals surface area contributed by atoms with Gasteiger partial charge in [0, 0.05) is 36.1 Å². The monoisotopic (exact) mass is 795 g/mol. The van der Waals surface area contributed by atoms with E-state index in [1.807, 2.05) is 73.7 Å². The van der Waals surface area contributed by atoms with Crippen LogP contribution in [0.1, 0.15) is 122 Å². The van der Waals surface area contributed by atoms with Crippen molar-refractivity contribution in [2.24, 2.45) is 23.2 Å². The molecule has 1 fully saturated rings. The molecule has 1 aliphatic heterocycles. The molecule has 0 bridgehead atoms. The van der Waals surface area contributed by atoms with Crippen molar-refractivity contribution >= 4 is 46.7 Å². The van der Waals surface area contributed by atoms with Gasteiger partial charge in [0.25, 0.3) is 5.91 Å². The van der Waals surface area contributed by atoms with Gasteiger partial charge in [0.15, 0.2) is 6.10 Å².